The van der Waals surface area contributed by atoms with Gasteiger partial charge in [-0.1, -0.05) is 0 Å². The van der Waals surface area contributed by atoms with E-state index in [2.05, 4.69) is 10.6 Å². The van der Waals surface area contributed by atoms with Gasteiger partial charge in [-0.25, -0.2) is 0 Å². The zero-order valence-electron chi connectivity index (χ0n) is 46.2. The summed E-state index contributed by atoms with van der Waals surface area (Å²) in [5.41, 5.74) is 0. The number of aliphatic hydroxyl groups excluding tert-OH is 17. The van der Waals surface area contributed by atoms with Crippen LogP contribution in [0.3, 0.4) is 0 Å². The lowest BCUT2D eigenvalue weighted by Gasteiger charge is -2.52. The third kappa shape index (κ3) is 15.1. The summed E-state index contributed by atoms with van der Waals surface area (Å²) in [4.78, 5) is 26.2. The van der Waals surface area contributed by atoms with Crippen LogP contribution in [-0.4, -0.2) is 340 Å². The number of aliphatic hydroxyl groups is 17. The Labute approximate surface area is 475 Å². The minimum absolute atomic E-state index is 0.408. The van der Waals surface area contributed by atoms with Crippen molar-refractivity contribution in [2.75, 3.05) is 33.0 Å². The monoisotopic (exact) mass is 1210 g/mol. The van der Waals surface area contributed by atoms with E-state index in [0.29, 0.717) is 0 Å². The Balaban J connectivity index is 1.25. The maximum atomic E-state index is 13.3. The van der Waals surface area contributed by atoms with Gasteiger partial charge in [-0.3, -0.25) is 9.59 Å². The zero-order valence-corrected chi connectivity index (χ0v) is 46.2. The first-order valence-electron chi connectivity index (χ1n) is 27.5. The third-order valence-corrected chi connectivity index (χ3v) is 15.8. The van der Waals surface area contributed by atoms with Gasteiger partial charge in [0, 0.05) is 26.4 Å². The second kappa shape index (κ2) is 29.4. The molecule has 0 bridgehead atoms. The molecule has 6 saturated heterocycles. The summed E-state index contributed by atoms with van der Waals surface area (Å²) in [5.74, 6) is -2.82. The van der Waals surface area contributed by atoms with E-state index in [4.69, 9.17) is 61.6 Å². The summed E-state index contributed by atoms with van der Waals surface area (Å²) in [6.07, 6.45) is -56.6. The predicted molar refractivity (Wildman–Crippen MR) is 263 cm³/mol. The van der Waals surface area contributed by atoms with Gasteiger partial charge in [0.05, 0.1) is 56.9 Å². The van der Waals surface area contributed by atoms with Gasteiger partial charge >= 0.3 is 0 Å². The van der Waals surface area contributed by atoms with Crippen LogP contribution in [0.25, 0.3) is 0 Å². The highest BCUT2D eigenvalue weighted by Gasteiger charge is 2.60. The molecule has 6 heterocycles. The molecule has 0 aromatic rings. The van der Waals surface area contributed by atoms with Gasteiger partial charge in [0.25, 0.3) is 0 Å². The average Bonchev–Trinajstić information content (AvgIpc) is 3.64. The lowest BCUT2D eigenvalue weighted by molar-refractivity contribution is -0.394. The Bertz CT molecular complexity index is 2040. The molecule has 0 spiro atoms. The Hall–Kier alpha value is -2.26. The second-order valence-electron chi connectivity index (χ2n) is 22.2. The normalized spacial score (nSPS) is 50.0. The van der Waals surface area contributed by atoms with E-state index in [1.165, 1.54) is 13.8 Å². The van der Waals surface area contributed by atoms with Crippen LogP contribution < -0.4 is 10.6 Å². The van der Waals surface area contributed by atoms with E-state index in [1.807, 2.05) is 0 Å². The van der Waals surface area contributed by atoms with E-state index in [0.717, 1.165) is 13.8 Å². The highest BCUT2D eigenvalue weighted by atomic mass is 16.8. The first kappa shape index (κ1) is 68.2. The first-order valence-corrected chi connectivity index (χ1v) is 27.5. The molecule has 14 unspecified atom stereocenters. The molecular formula is C49H84N2O32. The molecule has 0 radical (unpaired) electrons. The largest absolute Gasteiger partial charge is 0.396 e. The molecule has 6 aliphatic heterocycles. The van der Waals surface area contributed by atoms with Crippen LogP contribution in [-0.2, 0) is 71.2 Å². The summed E-state index contributed by atoms with van der Waals surface area (Å²) in [6.45, 7) is 3.73. The Kier molecular flexibility index (Phi) is 24.1. The van der Waals surface area contributed by atoms with E-state index in [1.54, 1.807) is 13.8 Å². The van der Waals surface area contributed by atoms with Gasteiger partial charge in [0.2, 0.25) is 11.8 Å². The van der Waals surface area contributed by atoms with Gasteiger partial charge in [-0.15, -0.1) is 0 Å². The van der Waals surface area contributed by atoms with Crippen LogP contribution in [0.2, 0.25) is 0 Å². The van der Waals surface area contributed by atoms with Gasteiger partial charge in [-0.05, 0) is 34.1 Å². The van der Waals surface area contributed by atoms with E-state index < -0.39 is 266 Å². The summed E-state index contributed by atoms with van der Waals surface area (Å²) < 4.78 is 78.9. The fraction of sp³-hybridized carbons (Fsp3) is 0.959. The van der Waals surface area contributed by atoms with Crippen molar-refractivity contribution in [1.82, 2.24) is 10.6 Å². The second-order valence-corrected chi connectivity index (χ2v) is 22.2. The van der Waals surface area contributed by atoms with E-state index in [9.17, 15) is 96.4 Å². The smallest absolute Gasteiger partial charge is 0.217 e. The third-order valence-electron chi connectivity index (χ3n) is 15.8. The summed E-state index contributed by atoms with van der Waals surface area (Å²) >= 11 is 0. The molecule has 0 aromatic carbocycles. The quantitative estimate of drug-likeness (QED) is 0.0538. The van der Waals surface area contributed by atoms with Crippen molar-refractivity contribution < 1.29 is 158 Å². The molecule has 7 fully saturated rings. The van der Waals surface area contributed by atoms with Crippen LogP contribution in [0, 0.1) is 5.92 Å². The maximum Gasteiger partial charge on any atom is 0.217 e. The molecule has 0 aromatic heterocycles. The Morgan fingerprint density at radius 3 is 1.37 bits per heavy atom. The van der Waals surface area contributed by atoms with Crippen molar-refractivity contribution >= 4 is 11.8 Å². The number of nitrogens with one attached hydrogen (secondary N) is 2. The van der Waals surface area contributed by atoms with Crippen LogP contribution >= 0.6 is 0 Å². The van der Waals surface area contributed by atoms with Crippen molar-refractivity contribution in [3.05, 3.63) is 0 Å². The van der Waals surface area contributed by atoms with Gasteiger partial charge in [-0.2, -0.15) is 0 Å². The lowest BCUT2D eigenvalue weighted by atomic mass is 9.80. The number of hydrogen-bond acceptors (Lipinski definition) is 32. The van der Waals surface area contributed by atoms with Gasteiger partial charge < -0.3 is 159 Å². The fourth-order valence-corrected chi connectivity index (χ4v) is 11.2. The van der Waals surface area contributed by atoms with E-state index >= 15 is 0 Å². The summed E-state index contributed by atoms with van der Waals surface area (Å²) in [6, 6.07) is -3.24. The molecule has 1 aliphatic carbocycles. The number of hydrogen-bond donors (Lipinski definition) is 19. The van der Waals surface area contributed by atoms with Gasteiger partial charge in [0.1, 0.15) is 140 Å². The fourth-order valence-electron chi connectivity index (χ4n) is 11.2. The van der Waals surface area contributed by atoms with E-state index in [-0.39, 0.29) is 0 Å². The molecule has 2 amide bonds. The SMILES string of the molecule is CC(=O)NC1[C@H](OC2C(O)[C@H](O[C@@H]3C(CO)O[C@@H](OC(C)C)C(NC(C)=O)[C@H]3O[C@@H]3OC(C)[C@@H](O)[C@H](O)C3O)C[C@@H](CO)[C@@H]2O)OC(CO)[C@@H](O[C@@H]2O[C@@H](CO)[C@H](O)C(O)C2O[C@@H]2OC[C@@H](O)C(O)C2O)[C@@H]1O[C@@H]1OC(C)[C@@H](O)[C@H](O)C1O. The molecule has 34 heteroatoms. The van der Waals surface area contributed by atoms with Crippen molar-refractivity contribution in [2.45, 2.75) is 256 Å². The number of carbonyl (C=O) groups is 2. The van der Waals surface area contributed by atoms with Crippen molar-refractivity contribution in [1.29, 1.82) is 0 Å². The predicted octanol–water partition coefficient (Wildman–Crippen LogP) is -11.2. The lowest BCUT2D eigenvalue weighted by Crippen LogP contribution is -2.71. The van der Waals surface area contributed by atoms with Gasteiger partial charge in [0.15, 0.2) is 37.7 Å². The molecule has 1 saturated carbocycles. The first-order chi connectivity index (χ1) is 39.1. The molecule has 83 heavy (non-hydrogen) atoms. The van der Waals surface area contributed by atoms with Crippen LogP contribution in [0.15, 0.2) is 0 Å². The standard InChI is InChI=1S/C49H84N2O32/c1-13(2)72-44-24(50-16(5)56)40(80-47-36(69)32(65)26(59)14(3)73-47)38(22(10-54)77-44)75-20-7-18(8-52)28(61)42(31(20)64)82-45-25(51-17(6)57)41(81-48-37(70)33(66)27(60)15(4)74-48)39(23(11-55)78-45)79-49-43(34(67)30(63)21(9-53)76-49)83-46-35(68)29(62)19(58)12-71-46/h13-15,18-49,52-55,58-70H,7-12H2,1-6H3,(H,50,56)(H,51,57)/t14?,15?,18-,19+,20+,21-,22?,23?,24?,25?,26+,27+,28-,29?,30-,31?,32-,33-,34?,35?,36?,37?,38+,39+,40+,41+,42?,43?,44+,45-,46-,47-,48-,49-/m0/s1. The number of rotatable bonds is 20. The highest BCUT2D eigenvalue weighted by Crippen LogP contribution is 2.40. The molecule has 34 nitrogen and oxygen atoms in total. The van der Waals surface area contributed by atoms with Crippen molar-refractivity contribution in [3.8, 4) is 0 Å². The van der Waals surface area contributed by atoms with Crippen LogP contribution in [0.5, 0.6) is 0 Å². The van der Waals surface area contributed by atoms with Crippen LogP contribution in [0.4, 0.5) is 0 Å². The maximum absolute atomic E-state index is 13.3. The van der Waals surface area contributed by atoms with Crippen molar-refractivity contribution in [3.63, 3.8) is 0 Å². The topological polar surface area (TPSA) is 522 Å². The number of carbonyl (C=O) groups excluding carboxylic acids is 2. The Morgan fingerprint density at radius 1 is 0.434 bits per heavy atom. The minimum atomic E-state index is -2.09. The van der Waals surface area contributed by atoms with Crippen molar-refractivity contribution in [2.24, 2.45) is 5.92 Å². The number of amides is 2. The molecule has 7 rings (SSSR count). The highest BCUT2D eigenvalue weighted by molar-refractivity contribution is 5.73. The Morgan fingerprint density at radius 2 is 0.880 bits per heavy atom. The molecule has 19 N–H and O–H groups in total. The number of ether oxygens (including phenoxy) is 13. The minimum Gasteiger partial charge on any atom is -0.396 e. The summed E-state index contributed by atoms with van der Waals surface area (Å²) in [5, 5.41) is 191. The average molecular weight is 1210 g/mol. The van der Waals surface area contributed by atoms with Crippen LogP contribution in [0.1, 0.15) is 48.0 Å². The summed E-state index contributed by atoms with van der Waals surface area (Å²) in [7, 11) is 0. The molecular weight excluding hydrogens is 1130 g/mol. The zero-order chi connectivity index (χ0) is 61.2. The molecule has 34 atom stereocenters. The molecule has 7 aliphatic rings. The molecule has 482 valence electrons.